The van der Waals surface area contributed by atoms with Crippen LogP contribution in [-0.2, 0) is 0 Å². The summed E-state index contributed by atoms with van der Waals surface area (Å²) in [6.45, 7) is 5.97. The summed E-state index contributed by atoms with van der Waals surface area (Å²) in [6.07, 6.45) is 5.53. The number of rotatable bonds is 4. The van der Waals surface area contributed by atoms with Crippen molar-refractivity contribution in [1.29, 1.82) is 0 Å². The quantitative estimate of drug-likeness (QED) is 0.483. The van der Waals surface area contributed by atoms with Gasteiger partial charge in [0.1, 0.15) is 6.20 Å². The predicted octanol–water partition coefficient (Wildman–Crippen LogP) is 3.44. The first kappa shape index (κ1) is 15.0. The zero-order valence-electron chi connectivity index (χ0n) is 11.8. The Bertz CT molecular complexity index is 495. The van der Waals surface area contributed by atoms with Crippen LogP contribution in [0.15, 0.2) is 6.20 Å². The van der Waals surface area contributed by atoms with E-state index in [4.69, 9.17) is 11.6 Å². The Kier molecular flexibility index (Phi) is 4.42. The number of hydrogen-bond acceptors (Lipinski definition) is 5. The third kappa shape index (κ3) is 2.85. The largest absolute Gasteiger partial charge is 0.351 e. The highest BCUT2D eigenvalue weighted by Crippen LogP contribution is 2.40. The molecule has 2 heterocycles. The summed E-state index contributed by atoms with van der Waals surface area (Å²) in [6, 6.07) is 0. The normalized spacial score (nSPS) is 18.1. The van der Waals surface area contributed by atoms with Crippen molar-refractivity contribution in [2.45, 2.75) is 39.5 Å². The number of aromatic nitrogens is 2. The van der Waals surface area contributed by atoms with Crippen LogP contribution >= 0.6 is 11.6 Å². The van der Waals surface area contributed by atoms with Gasteiger partial charge in [0.05, 0.1) is 4.92 Å². The molecule has 1 aromatic heterocycles. The molecule has 0 atom stereocenters. The Hall–Kier alpha value is -1.43. The lowest BCUT2D eigenvalue weighted by Crippen LogP contribution is -2.40. The van der Waals surface area contributed by atoms with Crippen molar-refractivity contribution in [1.82, 2.24) is 9.97 Å². The summed E-state index contributed by atoms with van der Waals surface area (Å²) >= 11 is 5.78. The second-order valence-electron chi connectivity index (χ2n) is 5.30. The SMILES string of the molecule is CCC1(CC)CCN(c2nc(Cl)ncc2[N+](=O)[O-])CC1. The van der Waals surface area contributed by atoms with Crippen molar-refractivity contribution in [3.05, 3.63) is 21.6 Å². The first-order valence-corrected chi connectivity index (χ1v) is 7.31. The highest BCUT2D eigenvalue weighted by Gasteiger charge is 2.34. The molecule has 0 unspecified atom stereocenters. The van der Waals surface area contributed by atoms with Gasteiger partial charge in [-0.25, -0.2) is 4.98 Å². The first-order chi connectivity index (χ1) is 9.51. The predicted molar refractivity (Wildman–Crippen MR) is 78.2 cm³/mol. The maximum atomic E-state index is 11.1. The standard InChI is InChI=1S/C13H19ClN4O2/c1-3-13(4-2)5-7-17(8-6-13)11-10(18(19)20)9-15-12(14)16-11/h9H,3-8H2,1-2H3. The fourth-order valence-electron chi connectivity index (χ4n) is 2.86. The minimum Gasteiger partial charge on any atom is -0.351 e. The monoisotopic (exact) mass is 298 g/mol. The summed E-state index contributed by atoms with van der Waals surface area (Å²) < 4.78 is 0. The molecule has 0 bridgehead atoms. The first-order valence-electron chi connectivity index (χ1n) is 6.93. The van der Waals surface area contributed by atoms with E-state index in [9.17, 15) is 10.1 Å². The molecule has 110 valence electrons. The van der Waals surface area contributed by atoms with Gasteiger partial charge in [-0.05, 0) is 29.9 Å². The van der Waals surface area contributed by atoms with Crippen LogP contribution in [0.4, 0.5) is 11.5 Å². The van der Waals surface area contributed by atoms with Crippen molar-refractivity contribution in [3.63, 3.8) is 0 Å². The molecule has 7 heteroatoms. The van der Waals surface area contributed by atoms with Gasteiger partial charge < -0.3 is 4.90 Å². The van der Waals surface area contributed by atoms with E-state index in [1.807, 2.05) is 4.90 Å². The fraction of sp³-hybridized carbons (Fsp3) is 0.692. The molecular weight excluding hydrogens is 280 g/mol. The topological polar surface area (TPSA) is 72.2 Å². The Morgan fingerprint density at radius 2 is 2.00 bits per heavy atom. The van der Waals surface area contributed by atoms with Gasteiger partial charge in [0, 0.05) is 13.1 Å². The number of piperidine rings is 1. The molecule has 0 aromatic carbocycles. The van der Waals surface area contributed by atoms with E-state index in [1.165, 1.54) is 6.20 Å². The summed E-state index contributed by atoms with van der Waals surface area (Å²) in [5.41, 5.74) is 0.289. The molecule has 0 spiro atoms. The molecule has 0 aliphatic carbocycles. The number of hydrogen-bond donors (Lipinski definition) is 0. The molecule has 6 nitrogen and oxygen atoms in total. The molecule has 1 fully saturated rings. The molecule has 1 aliphatic rings. The van der Waals surface area contributed by atoms with Crippen LogP contribution in [0.3, 0.4) is 0 Å². The second-order valence-corrected chi connectivity index (χ2v) is 5.64. The van der Waals surface area contributed by atoms with Crippen molar-refractivity contribution < 1.29 is 4.92 Å². The molecule has 1 aliphatic heterocycles. The smallest absolute Gasteiger partial charge is 0.329 e. The number of anilines is 1. The Balaban J connectivity index is 2.22. The maximum absolute atomic E-state index is 11.1. The zero-order valence-corrected chi connectivity index (χ0v) is 12.6. The number of nitrogens with zero attached hydrogens (tertiary/aromatic N) is 4. The van der Waals surface area contributed by atoms with Crippen LogP contribution in [0.1, 0.15) is 39.5 Å². The van der Waals surface area contributed by atoms with Gasteiger partial charge in [0.2, 0.25) is 11.1 Å². The third-order valence-corrected chi connectivity index (χ3v) is 4.72. The molecule has 0 saturated carbocycles. The van der Waals surface area contributed by atoms with Crippen LogP contribution in [0, 0.1) is 15.5 Å². The number of halogens is 1. The number of nitro groups is 1. The highest BCUT2D eigenvalue weighted by molar-refractivity contribution is 6.28. The molecule has 1 saturated heterocycles. The van der Waals surface area contributed by atoms with Gasteiger partial charge >= 0.3 is 5.69 Å². The molecular formula is C13H19ClN4O2. The minimum atomic E-state index is -0.451. The van der Waals surface area contributed by atoms with Crippen LogP contribution < -0.4 is 4.90 Å². The van der Waals surface area contributed by atoms with Crippen LogP contribution in [-0.4, -0.2) is 28.0 Å². The minimum absolute atomic E-state index is 0.0495. The molecule has 20 heavy (non-hydrogen) atoms. The maximum Gasteiger partial charge on any atom is 0.329 e. The Labute approximate surface area is 123 Å². The second kappa shape index (κ2) is 5.91. The van der Waals surface area contributed by atoms with E-state index < -0.39 is 4.92 Å². The van der Waals surface area contributed by atoms with Crippen LogP contribution in [0.25, 0.3) is 0 Å². The fourth-order valence-corrected chi connectivity index (χ4v) is 2.99. The van der Waals surface area contributed by atoms with Crippen LogP contribution in [0.2, 0.25) is 5.28 Å². The van der Waals surface area contributed by atoms with Gasteiger partial charge in [0.15, 0.2) is 0 Å². The van der Waals surface area contributed by atoms with Gasteiger partial charge in [-0.2, -0.15) is 4.98 Å². The molecule has 0 N–H and O–H groups in total. The molecule has 0 amide bonds. The van der Waals surface area contributed by atoms with Crippen molar-refractivity contribution >= 4 is 23.1 Å². The van der Waals surface area contributed by atoms with Gasteiger partial charge in [-0.3, -0.25) is 10.1 Å². The summed E-state index contributed by atoms with van der Waals surface area (Å²) in [5.74, 6) is 0.343. The average Bonchev–Trinajstić information content (AvgIpc) is 2.47. The van der Waals surface area contributed by atoms with E-state index in [1.54, 1.807) is 0 Å². The van der Waals surface area contributed by atoms with Crippen molar-refractivity contribution in [2.75, 3.05) is 18.0 Å². The average molecular weight is 299 g/mol. The Morgan fingerprint density at radius 3 is 2.50 bits per heavy atom. The highest BCUT2D eigenvalue weighted by atomic mass is 35.5. The van der Waals surface area contributed by atoms with E-state index in [0.717, 1.165) is 38.8 Å². The van der Waals surface area contributed by atoms with E-state index in [0.29, 0.717) is 11.2 Å². The van der Waals surface area contributed by atoms with E-state index in [2.05, 4.69) is 23.8 Å². The van der Waals surface area contributed by atoms with Crippen molar-refractivity contribution in [2.24, 2.45) is 5.41 Å². The van der Waals surface area contributed by atoms with Gasteiger partial charge in [-0.1, -0.05) is 26.7 Å². The molecule has 0 radical (unpaired) electrons. The van der Waals surface area contributed by atoms with Gasteiger partial charge in [0.25, 0.3) is 0 Å². The third-order valence-electron chi connectivity index (χ3n) is 4.54. The van der Waals surface area contributed by atoms with Gasteiger partial charge in [-0.15, -0.1) is 0 Å². The van der Waals surface area contributed by atoms with Crippen LogP contribution in [0.5, 0.6) is 0 Å². The summed E-state index contributed by atoms with van der Waals surface area (Å²) in [4.78, 5) is 20.3. The molecule has 2 rings (SSSR count). The van der Waals surface area contributed by atoms with Crippen molar-refractivity contribution in [3.8, 4) is 0 Å². The van der Waals surface area contributed by atoms with E-state index in [-0.39, 0.29) is 11.0 Å². The molecule has 1 aromatic rings. The lowest BCUT2D eigenvalue weighted by molar-refractivity contribution is -0.384. The Morgan fingerprint density at radius 1 is 1.40 bits per heavy atom. The lowest BCUT2D eigenvalue weighted by Gasteiger charge is -2.41. The van der Waals surface area contributed by atoms with E-state index >= 15 is 0 Å². The summed E-state index contributed by atoms with van der Waals surface area (Å²) in [7, 11) is 0. The summed E-state index contributed by atoms with van der Waals surface area (Å²) in [5, 5.41) is 11.1. The lowest BCUT2D eigenvalue weighted by atomic mass is 9.74. The zero-order chi connectivity index (χ0) is 14.8.